The summed E-state index contributed by atoms with van der Waals surface area (Å²) in [4.78, 5) is 0. The van der Waals surface area contributed by atoms with Crippen LogP contribution in [0.5, 0.6) is 5.75 Å². The number of hydrogen-bond donors (Lipinski definition) is 1. The van der Waals surface area contributed by atoms with E-state index in [0.29, 0.717) is 11.8 Å². The SMILES string of the molecule is CC[C@H](C)c1cc(Cl)ccc1OC[C@H]1CCNC1. The van der Waals surface area contributed by atoms with Gasteiger partial charge in [0.25, 0.3) is 0 Å². The van der Waals surface area contributed by atoms with Crippen LogP contribution in [-0.2, 0) is 0 Å². The number of hydrogen-bond acceptors (Lipinski definition) is 2. The zero-order chi connectivity index (χ0) is 13.0. The van der Waals surface area contributed by atoms with Crippen molar-refractivity contribution >= 4 is 11.6 Å². The quantitative estimate of drug-likeness (QED) is 0.875. The summed E-state index contributed by atoms with van der Waals surface area (Å²) in [5.41, 5.74) is 1.23. The minimum Gasteiger partial charge on any atom is -0.493 e. The van der Waals surface area contributed by atoms with E-state index in [0.717, 1.165) is 36.9 Å². The van der Waals surface area contributed by atoms with Crippen LogP contribution in [0.1, 0.15) is 38.2 Å². The highest BCUT2D eigenvalue weighted by Gasteiger charge is 2.17. The zero-order valence-corrected chi connectivity index (χ0v) is 12.0. The van der Waals surface area contributed by atoms with Gasteiger partial charge in [-0.25, -0.2) is 0 Å². The van der Waals surface area contributed by atoms with Crippen LogP contribution in [-0.4, -0.2) is 19.7 Å². The summed E-state index contributed by atoms with van der Waals surface area (Å²) in [7, 11) is 0. The smallest absolute Gasteiger partial charge is 0.122 e. The van der Waals surface area contributed by atoms with E-state index in [4.69, 9.17) is 16.3 Å². The first-order chi connectivity index (χ1) is 8.70. The third kappa shape index (κ3) is 3.39. The molecule has 2 nitrogen and oxygen atoms in total. The molecule has 1 saturated heterocycles. The minimum absolute atomic E-state index is 0.486. The summed E-state index contributed by atoms with van der Waals surface area (Å²) >= 11 is 6.08. The summed E-state index contributed by atoms with van der Waals surface area (Å²) < 4.78 is 6.00. The molecule has 1 heterocycles. The third-order valence-corrected chi connectivity index (χ3v) is 3.99. The maximum Gasteiger partial charge on any atom is 0.122 e. The Kier molecular flexibility index (Phi) is 4.90. The topological polar surface area (TPSA) is 21.3 Å². The lowest BCUT2D eigenvalue weighted by atomic mass is 9.98. The molecule has 18 heavy (non-hydrogen) atoms. The molecular formula is C15H22ClNO. The average Bonchev–Trinajstić information content (AvgIpc) is 2.89. The third-order valence-electron chi connectivity index (χ3n) is 3.75. The van der Waals surface area contributed by atoms with Crippen molar-refractivity contribution in [3.05, 3.63) is 28.8 Å². The largest absolute Gasteiger partial charge is 0.493 e. The average molecular weight is 268 g/mol. The fourth-order valence-electron chi connectivity index (χ4n) is 2.32. The second-order valence-corrected chi connectivity index (χ2v) is 5.60. The van der Waals surface area contributed by atoms with Crippen molar-refractivity contribution in [3.63, 3.8) is 0 Å². The van der Waals surface area contributed by atoms with E-state index in [2.05, 4.69) is 19.2 Å². The molecule has 1 aromatic rings. The second-order valence-electron chi connectivity index (χ2n) is 5.16. The fraction of sp³-hybridized carbons (Fsp3) is 0.600. The van der Waals surface area contributed by atoms with Gasteiger partial charge < -0.3 is 10.1 Å². The van der Waals surface area contributed by atoms with E-state index < -0.39 is 0 Å². The molecule has 0 aromatic heterocycles. The van der Waals surface area contributed by atoms with Gasteiger partial charge in [-0.15, -0.1) is 0 Å². The predicted octanol–water partition coefficient (Wildman–Crippen LogP) is 3.84. The van der Waals surface area contributed by atoms with Crippen LogP contribution in [0.2, 0.25) is 5.02 Å². The van der Waals surface area contributed by atoms with Crippen LogP contribution in [0.25, 0.3) is 0 Å². The molecular weight excluding hydrogens is 246 g/mol. The Morgan fingerprint density at radius 3 is 3.00 bits per heavy atom. The molecule has 2 atom stereocenters. The molecule has 0 amide bonds. The molecule has 0 spiro atoms. The van der Waals surface area contributed by atoms with Crippen molar-refractivity contribution in [2.75, 3.05) is 19.7 Å². The Balaban J connectivity index is 2.05. The van der Waals surface area contributed by atoms with Crippen molar-refractivity contribution in [1.82, 2.24) is 5.32 Å². The Morgan fingerprint density at radius 2 is 2.33 bits per heavy atom. The van der Waals surface area contributed by atoms with Gasteiger partial charge in [0.15, 0.2) is 0 Å². The summed E-state index contributed by atoms with van der Waals surface area (Å²) in [6.45, 7) is 7.41. The number of halogens is 1. The molecule has 0 saturated carbocycles. The van der Waals surface area contributed by atoms with Gasteiger partial charge in [-0.2, -0.15) is 0 Å². The molecule has 100 valence electrons. The molecule has 1 fully saturated rings. The highest BCUT2D eigenvalue weighted by Crippen LogP contribution is 2.31. The van der Waals surface area contributed by atoms with Gasteiger partial charge in [-0.1, -0.05) is 25.4 Å². The fourth-order valence-corrected chi connectivity index (χ4v) is 2.50. The van der Waals surface area contributed by atoms with Gasteiger partial charge in [-0.05, 0) is 49.1 Å². The molecule has 1 aliphatic heterocycles. The highest BCUT2D eigenvalue weighted by atomic mass is 35.5. The van der Waals surface area contributed by atoms with E-state index in [-0.39, 0.29) is 0 Å². The maximum absolute atomic E-state index is 6.08. The lowest BCUT2D eigenvalue weighted by Gasteiger charge is -2.18. The second kappa shape index (κ2) is 6.44. The highest BCUT2D eigenvalue weighted by molar-refractivity contribution is 6.30. The van der Waals surface area contributed by atoms with Crippen LogP contribution in [0.15, 0.2) is 18.2 Å². The van der Waals surface area contributed by atoms with E-state index in [1.165, 1.54) is 12.0 Å². The molecule has 3 heteroatoms. The molecule has 0 unspecified atom stereocenters. The van der Waals surface area contributed by atoms with Crippen LogP contribution in [0.3, 0.4) is 0 Å². The summed E-state index contributed by atoms with van der Waals surface area (Å²) in [6, 6.07) is 5.96. The Hall–Kier alpha value is -0.730. The number of benzene rings is 1. The van der Waals surface area contributed by atoms with Gasteiger partial charge in [0.1, 0.15) is 5.75 Å². The first-order valence-corrected chi connectivity index (χ1v) is 7.21. The first kappa shape index (κ1) is 13.7. The van der Waals surface area contributed by atoms with Gasteiger partial charge in [0.2, 0.25) is 0 Å². The predicted molar refractivity (Wildman–Crippen MR) is 76.6 cm³/mol. The van der Waals surface area contributed by atoms with Gasteiger partial charge in [-0.3, -0.25) is 0 Å². The van der Waals surface area contributed by atoms with Gasteiger partial charge >= 0.3 is 0 Å². The summed E-state index contributed by atoms with van der Waals surface area (Å²) in [6.07, 6.45) is 2.31. The molecule has 2 rings (SSSR count). The molecule has 1 aromatic carbocycles. The summed E-state index contributed by atoms with van der Waals surface area (Å²) in [5, 5.41) is 4.16. The van der Waals surface area contributed by atoms with Crippen molar-refractivity contribution in [1.29, 1.82) is 0 Å². The lowest BCUT2D eigenvalue weighted by molar-refractivity contribution is 0.256. The van der Waals surface area contributed by atoms with Gasteiger partial charge in [0.05, 0.1) is 6.61 Å². The van der Waals surface area contributed by atoms with E-state index in [1.807, 2.05) is 18.2 Å². The Labute approximate surface area is 115 Å². The molecule has 0 aliphatic carbocycles. The van der Waals surface area contributed by atoms with Crippen LogP contribution in [0.4, 0.5) is 0 Å². The maximum atomic E-state index is 6.08. The number of nitrogens with one attached hydrogen (secondary N) is 1. The van der Waals surface area contributed by atoms with Crippen molar-refractivity contribution < 1.29 is 4.74 Å². The first-order valence-electron chi connectivity index (χ1n) is 6.83. The van der Waals surface area contributed by atoms with Crippen LogP contribution in [0, 0.1) is 5.92 Å². The van der Waals surface area contributed by atoms with Crippen molar-refractivity contribution in [3.8, 4) is 5.75 Å². The molecule has 1 aliphatic rings. The van der Waals surface area contributed by atoms with Gasteiger partial charge in [0, 0.05) is 17.5 Å². The van der Waals surface area contributed by atoms with Crippen molar-refractivity contribution in [2.24, 2.45) is 5.92 Å². The van der Waals surface area contributed by atoms with E-state index in [9.17, 15) is 0 Å². The molecule has 0 bridgehead atoms. The lowest BCUT2D eigenvalue weighted by Crippen LogP contribution is -2.16. The summed E-state index contributed by atoms with van der Waals surface area (Å²) in [5.74, 6) is 2.13. The van der Waals surface area contributed by atoms with E-state index in [1.54, 1.807) is 0 Å². The number of rotatable bonds is 5. The standard InChI is InChI=1S/C15H22ClNO/c1-3-11(2)14-8-13(16)4-5-15(14)18-10-12-6-7-17-9-12/h4-5,8,11-12,17H,3,6-7,9-10H2,1-2H3/t11-,12-/m0/s1. The van der Waals surface area contributed by atoms with Crippen LogP contribution >= 0.6 is 11.6 Å². The number of ether oxygens (including phenoxy) is 1. The monoisotopic (exact) mass is 267 g/mol. The van der Waals surface area contributed by atoms with Crippen molar-refractivity contribution in [2.45, 2.75) is 32.6 Å². The minimum atomic E-state index is 0.486. The Morgan fingerprint density at radius 1 is 1.50 bits per heavy atom. The normalized spacial score (nSPS) is 20.9. The van der Waals surface area contributed by atoms with Crippen LogP contribution < -0.4 is 10.1 Å². The molecule has 1 N–H and O–H groups in total. The molecule has 0 radical (unpaired) electrons. The zero-order valence-electron chi connectivity index (χ0n) is 11.2. The van der Waals surface area contributed by atoms with E-state index >= 15 is 0 Å². The Bertz CT molecular complexity index is 388.